The molecule has 0 aliphatic heterocycles. The lowest BCUT2D eigenvalue weighted by atomic mass is 9.98. The summed E-state index contributed by atoms with van der Waals surface area (Å²) >= 11 is 3.50. The summed E-state index contributed by atoms with van der Waals surface area (Å²) in [5.74, 6) is 0.0674. The van der Waals surface area contributed by atoms with Gasteiger partial charge in [-0.25, -0.2) is 4.79 Å². The number of anilines is 1. The minimum absolute atomic E-state index is 0.0674. The topological polar surface area (TPSA) is 79.7 Å². The van der Waals surface area contributed by atoms with E-state index in [9.17, 15) is 9.90 Å². The van der Waals surface area contributed by atoms with Gasteiger partial charge in [-0.05, 0) is 59.4 Å². The van der Waals surface area contributed by atoms with Crippen molar-refractivity contribution in [3.63, 3.8) is 0 Å². The zero-order valence-electron chi connectivity index (χ0n) is 14.0. The molecule has 6 heteroatoms. The van der Waals surface area contributed by atoms with Crippen molar-refractivity contribution in [3.05, 3.63) is 68.0 Å². The van der Waals surface area contributed by atoms with E-state index >= 15 is 0 Å². The fraction of sp³-hybridized carbons (Fsp3) is 0.211. The van der Waals surface area contributed by atoms with Crippen molar-refractivity contribution in [2.45, 2.75) is 13.0 Å². The molecule has 0 radical (unpaired) electrons. The highest BCUT2D eigenvalue weighted by Crippen LogP contribution is 2.29. The fourth-order valence-corrected chi connectivity index (χ4v) is 3.30. The molecule has 3 rings (SSSR count). The van der Waals surface area contributed by atoms with E-state index in [1.807, 2.05) is 31.1 Å². The molecule has 0 bridgehead atoms. The second kappa shape index (κ2) is 6.90. The maximum atomic E-state index is 12.6. The van der Waals surface area contributed by atoms with Crippen LogP contribution in [-0.2, 0) is 13.0 Å². The van der Waals surface area contributed by atoms with Gasteiger partial charge in [0.15, 0.2) is 0 Å². The first-order valence-electron chi connectivity index (χ1n) is 7.82. The van der Waals surface area contributed by atoms with Crippen LogP contribution in [0.15, 0.2) is 50.1 Å². The van der Waals surface area contributed by atoms with E-state index < -0.39 is 5.63 Å². The van der Waals surface area contributed by atoms with Gasteiger partial charge < -0.3 is 20.2 Å². The van der Waals surface area contributed by atoms with Crippen LogP contribution in [0.5, 0.6) is 5.75 Å². The number of benzene rings is 2. The van der Waals surface area contributed by atoms with Gasteiger partial charge in [0.05, 0.1) is 0 Å². The Labute approximate surface area is 153 Å². The highest BCUT2D eigenvalue weighted by Gasteiger charge is 2.17. The Kier molecular flexibility index (Phi) is 4.83. The molecule has 5 nitrogen and oxygen atoms in total. The van der Waals surface area contributed by atoms with Gasteiger partial charge in [-0.1, -0.05) is 12.1 Å². The molecular weight excluding hydrogens is 384 g/mol. The van der Waals surface area contributed by atoms with Crippen LogP contribution in [-0.4, -0.2) is 24.1 Å². The van der Waals surface area contributed by atoms with Crippen molar-refractivity contribution in [3.8, 4) is 5.75 Å². The van der Waals surface area contributed by atoms with E-state index in [0.29, 0.717) is 29.8 Å². The van der Waals surface area contributed by atoms with Gasteiger partial charge in [0, 0.05) is 40.1 Å². The van der Waals surface area contributed by atoms with Gasteiger partial charge in [0.25, 0.3) is 0 Å². The molecule has 130 valence electrons. The number of phenolic OH excluding ortho intramolecular Hbond substituents is 1. The predicted octanol–water partition coefficient (Wildman–Crippen LogP) is 3.50. The van der Waals surface area contributed by atoms with Crippen molar-refractivity contribution in [1.29, 1.82) is 0 Å². The highest BCUT2D eigenvalue weighted by molar-refractivity contribution is 9.10. The van der Waals surface area contributed by atoms with Crippen LogP contribution in [0.3, 0.4) is 0 Å². The Morgan fingerprint density at radius 3 is 2.68 bits per heavy atom. The normalized spacial score (nSPS) is 11.4. The first-order valence-corrected chi connectivity index (χ1v) is 8.61. The van der Waals surface area contributed by atoms with E-state index in [0.717, 1.165) is 21.0 Å². The summed E-state index contributed by atoms with van der Waals surface area (Å²) in [5, 5.41) is 10.5. The smallest absolute Gasteiger partial charge is 0.340 e. The number of hydrogen-bond acceptors (Lipinski definition) is 5. The molecule has 25 heavy (non-hydrogen) atoms. The van der Waals surface area contributed by atoms with Gasteiger partial charge in [-0.15, -0.1) is 0 Å². The van der Waals surface area contributed by atoms with Crippen LogP contribution in [0.1, 0.15) is 16.7 Å². The van der Waals surface area contributed by atoms with Crippen LogP contribution in [0.2, 0.25) is 0 Å². The van der Waals surface area contributed by atoms with Crippen molar-refractivity contribution < 1.29 is 9.52 Å². The third-order valence-corrected chi connectivity index (χ3v) is 5.02. The number of fused-ring (bicyclic) bond motifs is 1. The molecule has 0 fully saturated rings. The van der Waals surface area contributed by atoms with Crippen LogP contribution < -0.4 is 11.4 Å². The van der Waals surface area contributed by atoms with Crippen LogP contribution in [0, 0.1) is 0 Å². The Hall–Kier alpha value is -2.31. The number of rotatable bonds is 4. The molecule has 0 aliphatic carbocycles. The van der Waals surface area contributed by atoms with E-state index in [2.05, 4.69) is 15.9 Å². The molecule has 0 unspecified atom stereocenters. The lowest BCUT2D eigenvalue weighted by molar-refractivity contribution is 0.400. The fourth-order valence-electron chi connectivity index (χ4n) is 2.89. The molecule has 0 saturated heterocycles. The summed E-state index contributed by atoms with van der Waals surface area (Å²) in [7, 11) is 3.89. The first kappa shape index (κ1) is 17.5. The summed E-state index contributed by atoms with van der Waals surface area (Å²) in [5.41, 5.74) is 8.98. The summed E-state index contributed by atoms with van der Waals surface area (Å²) < 4.78 is 6.25. The molecular formula is C19H19BrN2O3. The quantitative estimate of drug-likeness (QED) is 0.515. The molecule has 0 atom stereocenters. The average molecular weight is 403 g/mol. The number of aromatic hydroxyl groups is 1. The molecule has 0 spiro atoms. The lowest BCUT2D eigenvalue weighted by Gasteiger charge is -2.16. The molecule has 0 aliphatic rings. The minimum atomic E-state index is -0.399. The Morgan fingerprint density at radius 1 is 1.20 bits per heavy atom. The van der Waals surface area contributed by atoms with Gasteiger partial charge in [-0.3, -0.25) is 0 Å². The second-order valence-corrected chi connectivity index (χ2v) is 7.05. The number of nitrogens with zero attached hydrogens (tertiary/aromatic N) is 1. The van der Waals surface area contributed by atoms with Gasteiger partial charge >= 0.3 is 5.63 Å². The third-order valence-electron chi connectivity index (χ3n) is 4.05. The summed E-state index contributed by atoms with van der Waals surface area (Å²) in [6, 6.07) is 10.4. The summed E-state index contributed by atoms with van der Waals surface area (Å²) in [6.45, 7) is 0.585. The van der Waals surface area contributed by atoms with E-state index in [1.165, 1.54) is 6.07 Å². The lowest BCUT2D eigenvalue weighted by Crippen LogP contribution is -2.19. The Morgan fingerprint density at radius 2 is 1.96 bits per heavy atom. The van der Waals surface area contributed by atoms with Gasteiger partial charge in [-0.2, -0.15) is 0 Å². The zero-order valence-corrected chi connectivity index (χ0v) is 15.6. The molecule has 1 heterocycles. The zero-order chi connectivity index (χ0) is 18.1. The molecule has 1 aromatic heterocycles. The number of nitrogen functional groups attached to an aromatic ring is 1. The van der Waals surface area contributed by atoms with Crippen LogP contribution in [0.4, 0.5) is 5.69 Å². The standard InChI is InChI=1S/C19H19BrN2O3/c1-22(2)10-15-13-7-6-12(23)9-17(13)25-19(24)14(15)8-11-4-3-5-16(21)18(11)20/h3-7,9,23H,8,10,21H2,1-2H3. The molecule has 2 aromatic carbocycles. The van der Waals surface area contributed by atoms with Gasteiger partial charge in [0.1, 0.15) is 11.3 Å². The van der Waals surface area contributed by atoms with E-state index in [4.69, 9.17) is 10.2 Å². The average Bonchev–Trinajstić information content (AvgIpc) is 2.54. The SMILES string of the molecule is CN(C)Cc1c(Cc2cccc(N)c2Br)c(=O)oc2cc(O)ccc12. The molecule has 3 aromatic rings. The van der Waals surface area contributed by atoms with E-state index in [1.54, 1.807) is 18.2 Å². The summed E-state index contributed by atoms with van der Waals surface area (Å²) in [6.07, 6.45) is 0.411. The molecule has 0 saturated carbocycles. The van der Waals surface area contributed by atoms with Crippen molar-refractivity contribution in [2.24, 2.45) is 0 Å². The van der Waals surface area contributed by atoms with Crippen molar-refractivity contribution in [2.75, 3.05) is 19.8 Å². The third kappa shape index (κ3) is 3.55. The first-order chi connectivity index (χ1) is 11.9. The monoisotopic (exact) mass is 402 g/mol. The Balaban J connectivity index is 2.22. The minimum Gasteiger partial charge on any atom is -0.508 e. The summed E-state index contributed by atoms with van der Waals surface area (Å²) in [4.78, 5) is 14.6. The number of hydrogen-bond donors (Lipinski definition) is 2. The van der Waals surface area contributed by atoms with E-state index in [-0.39, 0.29) is 5.75 Å². The largest absolute Gasteiger partial charge is 0.508 e. The highest BCUT2D eigenvalue weighted by atomic mass is 79.9. The van der Waals surface area contributed by atoms with Gasteiger partial charge in [0.2, 0.25) is 0 Å². The maximum absolute atomic E-state index is 12.6. The molecule has 3 N–H and O–H groups in total. The number of halogens is 1. The number of nitrogens with two attached hydrogens (primary N) is 1. The number of phenols is 1. The van der Waals surface area contributed by atoms with Crippen LogP contribution >= 0.6 is 15.9 Å². The van der Waals surface area contributed by atoms with Crippen LogP contribution in [0.25, 0.3) is 11.0 Å². The predicted molar refractivity (Wildman–Crippen MR) is 103 cm³/mol. The maximum Gasteiger partial charge on any atom is 0.340 e. The van der Waals surface area contributed by atoms with Crippen molar-refractivity contribution >= 4 is 32.6 Å². The second-order valence-electron chi connectivity index (χ2n) is 6.26. The van der Waals surface area contributed by atoms with Crippen molar-refractivity contribution in [1.82, 2.24) is 4.90 Å². The molecule has 0 amide bonds. The Bertz CT molecular complexity index is 996.